The Bertz CT molecular complexity index is 485. The first kappa shape index (κ1) is 12.6. The zero-order valence-electron chi connectivity index (χ0n) is 10.8. The topological polar surface area (TPSA) is 34.2 Å². The Morgan fingerprint density at radius 1 is 1.22 bits per heavy atom. The molecule has 1 unspecified atom stereocenters. The fraction of sp³-hybridized carbons (Fsp3) is 0.267. The molecule has 3 heteroatoms. The Kier molecular flexibility index (Phi) is 4.31. The Morgan fingerprint density at radius 2 is 2.00 bits per heavy atom. The molecule has 0 saturated carbocycles. The third kappa shape index (κ3) is 3.31. The Morgan fingerprint density at radius 3 is 2.72 bits per heavy atom. The maximum absolute atomic E-state index is 5.69. The quantitative estimate of drug-likeness (QED) is 0.875. The average molecular weight is 242 g/mol. The minimum atomic E-state index is 0.298. The molecule has 0 amide bonds. The van der Waals surface area contributed by atoms with Crippen LogP contribution in [0.25, 0.3) is 0 Å². The molecule has 1 aromatic heterocycles. The lowest BCUT2D eigenvalue weighted by molar-refractivity contribution is 0.293. The van der Waals surface area contributed by atoms with E-state index in [-0.39, 0.29) is 0 Å². The molecule has 0 fully saturated rings. The monoisotopic (exact) mass is 242 g/mol. The van der Waals surface area contributed by atoms with Gasteiger partial charge in [0.2, 0.25) is 5.88 Å². The zero-order chi connectivity index (χ0) is 12.8. The summed E-state index contributed by atoms with van der Waals surface area (Å²) < 4.78 is 5.69. The molecule has 2 rings (SSSR count). The summed E-state index contributed by atoms with van der Waals surface area (Å²) in [6.45, 7) is 2.65. The highest BCUT2D eigenvalue weighted by molar-refractivity contribution is 5.23. The number of pyridine rings is 1. The maximum Gasteiger partial charge on any atom is 0.213 e. The fourth-order valence-corrected chi connectivity index (χ4v) is 1.67. The predicted octanol–water partition coefficient (Wildman–Crippen LogP) is 2.94. The first-order chi connectivity index (χ1) is 8.79. The summed E-state index contributed by atoms with van der Waals surface area (Å²) in [6, 6.07) is 14.4. The van der Waals surface area contributed by atoms with Crippen LogP contribution >= 0.6 is 0 Å². The van der Waals surface area contributed by atoms with Gasteiger partial charge >= 0.3 is 0 Å². The first-order valence-corrected chi connectivity index (χ1v) is 6.09. The largest absolute Gasteiger partial charge is 0.473 e. The smallest absolute Gasteiger partial charge is 0.213 e. The van der Waals surface area contributed by atoms with E-state index in [1.807, 2.05) is 49.5 Å². The lowest BCUT2D eigenvalue weighted by Crippen LogP contribution is -2.12. The highest BCUT2D eigenvalue weighted by atomic mass is 16.5. The summed E-state index contributed by atoms with van der Waals surface area (Å²) in [5.41, 5.74) is 2.32. The molecule has 1 heterocycles. The van der Waals surface area contributed by atoms with Crippen LogP contribution in [0.1, 0.15) is 24.1 Å². The number of hydrogen-bond acceptors (Lipinski definition) is 3. The summed E-state index contributed by atoms with van der Waals surface area (Å²) in [5.74, 6) is 0.665. The molecule has 94 valence electrons. The van der Waals surface area contributed by atoms with Crippen LogP contribution in [0.3, 0.4) is 0 Å². The second-order valence-electron chi connectivity index (χ2n) is 4.21. The SMILES string of the molecule is CNC(C)c1ccnc(OCc2ccccc2)c1. The Balaban J connectivity index is 2.01. The lowest BCUT2D eigenvalue weighted by atomic mass is 10.1. The van der Waals surface area contributed by atoms with Gasteiger partial charge in [-0.25, -0.2) is 4.98 Å². The van der Waals surface area contributed by atoms with Crippen LogP contribution in [0.5, 0.6) is 5.88 Å². The van der Waals surface area contributed by atoms with Crippen molar-refractivity contribution in [1.29, 1.82) is 0 Å². The lowest BCUT2D eigenvalue weighted by Gasteiger charge is -2.12. The summed E-state index contributed by atoms with van der Waals surface area (Å²) in [4.78, 5) is 4.22. The van der Waals surface area contributed by atoms with Gasteiger partial charge in [-0.2, -0.15) is 0 Å². The molecule has 0 bridgehead atoms. The minimum Gasteiger partial charge on any atom is -0.473 e. The van der Waals surface area contributed by atoms with Crippen molar-refractivity contribution in [1.82, 2.24) is 10.3 Å². The van der Waals surface area contributed by atoms with Crippen molar-refractivity contribution in [3.63, 3.8) is 0 Å². The van der Waals surface area contributed by atoms with Crippen molar-refractivity contribution in [3.05, 3.63) is 59.8 Å². The van der Waals surface area contributed by atoms with Crippen molar-refractivity contribution < 1.29 is 4.74 Å². The molecule has 0 saturated heterocycles. The van der Waals surface area contributed by atoms with Gasteiger partial charge in [0.15, 0.2) is 0 Å². The Hall–Kier alpha value is -1.87. The number of ether oxygens (including phenoxy) is 1. The molecule has 3 nitrogen and oxygen atoms in total. The van der Waals surface area contributed by atoms with Crippen LogP contribution in [-0.4, -0.2) is 12.0 Å². The van der Waals surface area contributed by atoms with E-state index < -0.39 is 0 Å². The number of nitrogens with zero attached hydrogens (tertiary/aromatic N) is 1. The number of hydrogen-bond donors (Lipinski definition) is 1. The van der Waals surface area contributed by atoms with E-state index >= 15 is 0 Å². The highest BCUT2D eigenvalue weighted by Gasteiger charge is 2.04. The number of benzene rings is 1. The van der Waals surface area contributed by atoms with E-state index in [0.717, 1.165) is 5.56 Å². The molecule has 2 aromatic rings. The second kappa shape index (κ2) is 6.17. The van der Waals surface area contributed by atoms with Crippen molar-refractivity contribution >= 4 is 0 Å². The van der Waals surface area contributed by atoms with Crippen LogP contribution in [0.15, 0.2) is 48.7 Å². The van der Waals surface area contributed by atoms with E-state index in [2.05, 4.69) is 17.2 Å². The second-order valence-corrected chi connectivity index (χ2v) is 4.21. The first-order valence-electron chi connectivity index (χ1n) is 6.09. The number of aromatic nitrogens is 1. The molecule has 0 radical (unpaired) electrons. The molecule has 1 N–H and O–H groups in total. The normalized spacial score (nSPS) is 12.1. The van der Waals surface area contributed by atoms with Crippen LogP contribution < -0.4 is 10.1 Å². The van der Waals surface area contributed by atoms with Gasteiger partial charge in [-0.15, -0.1) is 0 Å². The van der Waals surface area contributed by atoms with Gasteiger partial charge < -0.3 is 10.1 Å². The average Bonchev–Trinajstić information content (AvgIpc) is 2.45. The zero-order valence-corrected chi connectivity index (χ0v) is 10.8. The molecule has 1 aromatic carbocycles. The predicted molar refractivity (Wildman–Crippen MR) is 72.5 cm³/mol. The molecular formula is C15H18N2O. The molecule has 0 aliphatic heterocycles. The van der Waals surface area contributed by atoms with Crippen molar-refractivity contribution in [2.45, 2.75) is 19.6 Å². The molecular weight excluding hydrogens is 224 g/mol. The summed E-state index contributed by atoms with van der Waals surface area (Å²) in [5, 5.41) is 3.20. The molecule has 18 heavy (non-hydrogen) atoms. The van der Waals surface area contributed by atoms with Crippen molar-refractivity contribution in [2.75, 3.05) is 7.05 Å². The summed E-state index contributed by atoms with van der Waals surface area (Å²) in [7, 11) is 1.94. The standard InChI is InChI=1S/C15H18N2O/c1-12(16-2)14-8-9-17-15(10-14)18-11-13-6-4-3-5-7-13/h3-10,12,16H,11H2,1-2H3. The van der Waals surface area contributed by atoms with Gasteiger partial charge in [-0.3, -0.25) is 0 Å². The van der Waals surface area contributed by atoms with Gasteiger partial charge in [-0.1, -0.05) is 30.3 Å². The van der Waals surface area contributed by atoms with Crippen LogP contribution in [0, 0.1) is 0 Å². The van der Waals surface area contributed by atoms with Gasteiger partial charge in [0.1, 0.15) is 6.61 Å². The van der Waals surface area contributed by atoms with Crippen LogP contribution in [0.4, 0.5) is 0 Å². The van der Waals surface area contributed by atoms with Crippen LogP contribution in [0.2, 0.25) is 0 Å². The van der Waals surface area contributed by atoms with Crippen molar-refractivity contribution in [2.24, 2.45) is 0 Å². The maximum atomic E-state index is 5.69. The van der Waals surface area contributed by atoms with E-state index in [1.165, 1.54) is 5.56 Å². The fourth-order valence-electron chi connectivity index (χ4n) is 1.67. The minimum absolute atomic E-state index is 0.298. The molecule has 0 spiro atoms. The number of rotatable bonds is 5. The Labute approximate surface area is 108 Å². The summed E-state index contributed by atoms with van der Waals surface area (Å²) in [6.07, 6.45) is 1.78. The van der Waals surface area contributed by atoms with Gasteiger partial charge in [0.05, 0.1) is 0 Å². The van der Waals surface area contributed by atoms with E-state index in [4.69, 9.17) is 4.74 Å². The molecule has 1 atom stereocenters. The van der Waals surface area contributed by atoms with Crippen molar-refractivity contribution in [3.8, 4) is 5.88 Å². The molecule has 0 aliphatic carbocycles. The van der Waals surface area contributed by atoms with E-state index in [0.29, 0.717) is 18.5 Å². The van der Waals surface area contributed by atoms with Gasteiger partial charge in [0.25, 0.3) is 0 Å². The van der Waals surface area contributed by atoms with E-state index in [9.17, 15) is 0 Å². The number of nitrogens with one attached hydrogen (secondary N) is 1. The van der Waals surface area contributed by atoms with Gasteiger partial charge in [0, 0.05) is 18.3 Å². The summed E-state index contributed by atoms with van der Waals surface area (Å²) >= 11 is 0. The van der Waals surface area contributed by atoms with Gasteiger partial charge in [-0.05, 0) is 31.2 Å². The van der Waals surface area contributed by atoms with E-state index in [1.54, 1.807) is 6.20 Å². The highest BCUT2D eigenvalue weighted by Crippen LogP contribution is 2.17. The third-order valence-corrected chi connectivity index (χ3v) is 2.92. The molecule has 0 aliphatic rings. The third-order valence-electron chi connectivity index (χ3n) is 2.92. The van der Waals surface area contributed by atoms with Crippen LogP contribution in [-0.2, 0) is 6.61 Å².